The molecule has 1 atom stereocenters. The molecule has 1 N–H and O–H groups in total. The van der Waals surface area contributed by atoms with Gasteiger partial charge in [0.2, 0.25) is 0 Å². The zero-order chi connectivity index (χ0) is 25.5. The Kier molecular flexibility index (Phi) is 8.48. The highest BCUT2D eigenvalue weighted by Crippen LogP contribution is 2.18. The molecule has 4 rings (SSSR count). The van der Waals surface area contributed by atoms with Gasteiger partial charge in [-0.15, -0.1) is 0 Å². The van der Waals surface area contributed by atoms with Crippen molar-refractivity contribution in [2.24, 2.45) is 0 Å². The van der Waals surface area contributed by atoms with Gasteiger partial charge in [-0.25, -0.2) is 0 Å². The van der Waals surface area contributed by atoms with Crippen LogP contribution in [0.2, 0.25) is 0 Å². The van der Waals surface area contributed by atoms with E-state index in [2.05, 4.69) is 27.3 Å². The minimum absolute atomic E-state index is 0.0434. The second-order valence-corrected chi connectivity index (χ2v) is 9.57. The molecule has 2 amide bonds. The lowest BCUT2D eigenvalue weighted by Crippen LogP contribution is -2.34. The smallest absolute Gasteiger partial charge is 0.257 e. The van der Waals surface area contributed by atoms with Gasteiger partial charge in [0, 0.05) is 49.3 Å². The molecule has 8 nitrogen and oxygen atoms in total. The maximum Gasteiger partial charge on any atom is 0.257 e. The number of aromatic nitrogens is 2. The summed E-state index contributed by atoms with van der Waals surface area (Å²) in [4.78, 5) is 33.7. The van der Waals surface area contributed by atoms with E-state index in [0.29, 0.717) is 48.4 Å². The van der Waals surface area contributed by atoms with Crippen molar-refractivity contribution in [3.63, 3.8) is 0 Å². The lowest BCUT2D eigenvalue weighted by molar-refractivity contribution is 0.0795. The molecule has 8 heteroatoms. The summed E-state index contributed by atoms with van der Waals surface area (Å²) in [6.07, 6.45) is 3.97. The zero-order valence-corrected chi connectivity index (χ0v) is 21.4. The molecule has 2 aromatic carbocycles. The number of hydrogen-bond acceptors (Lipinski definition) is 6. The molecule has 0 aliphatic carbocycles. The Bertz CT molecular complexity index is 1150. The predicted molar refractivity (Wildman–Crippen MR) is 139 cm³/mol. The number of nitrogens with one attached hydrogen (secondary N) is 1. The average molecular weight is 490 g/mol. The molecule has 1 aliphatic rings. The van der Waals surface area contributed by atoms with Crippen LogP contribution in [0.4, 0.5) is 0 Å². The maximum absolute atomic E-state index is 12.6. The predicted octanol–water partition coefficient (Wildman–Crippen LogP) is 3.96. The third kappa shape index (κ3) is 6.57. The van der Waals surface area contributed by atoms with Gasteiger partial charge in [-0.2, -0.15) is 4.98 Å². The largest absolute Gasteiger partial charge is 0.352 e. The summed E-state index contributed by atoms with van der Waals surface area (Å²) in [7, 11) is 1.76. The van der Waals surface area contributed by atoms with Gasteiger partial charge >= 0.3 is 0 Å². The van der Waals surface area contributed by atoms with Crippen LogP contribution in [0, 0.1) is 6.92 Å². The summed E-state index contributed by atoms with van der Waals surface area (Å²) in [5, 5.41) is 7.07. The standard InChI is InChI=1S/C28H35N5O3/c1-20-6-8-24(9-7-20)28(35)32(3)19-15-25-30-27(36-31-25)23-12-10-22(11-13-23)26(34)29-16-14-21(2)33-17-4-5-18-33/h6-13,21H,4-5,14-19H2,1-3H3,(H,29,34)/t21-/m0/s1. The first-order valence-electron chi connectivity index (χ1n) is 12.7. The molecule has 1 aliphatic heterocycles. The van der Waals surface area contributed by atoms with Crippen molar-refractivity contribution in [2.75, 3.05) is 33.2 Å². The number of likely N-dealkylation sites (N-methyl/N-ethyl adjacent to an activating group) is 1. The summed E-state index contributed by atoms with van der Waals surface area (Å²) < 4.78 is 5.41. The van der Waals surface area contributed by atoms with Gasteiger partial charge < -0.3 is 19.6 Å². The van der Waals surface area contributed by atoms with Crippen molar-refractivity contribution >= 4 is 11.8 Å². The third-order valence-electron chi connectivity index (χ3n) is 6.79. The molecule has 190 valence electrons. The fourth-order valence-corrected chi connectivity index (χ4v) is 4.38. The maximum atomic E-state index is 12.6. The Morgan fingerprint density at radius 3 is 2.42 bits per heavy atom. The number of carbonyl (C=O) groups is 2. The molecule has 0 spiro atoms. The number of likely N-dealkylation sites (tertiary alicyclic amines) is 1. The number of nitrogens with zero attached hydrogens (tertiary/aromatic N) is 4. The Morgan fingerprint density at radius 1 is 1.06 bits per heavy atom. The molecule has 0 unspecified atom stereocenters. The van der Waals surface area contributed by atoms with Crippen molar-refractivity contribution in [1.82, 2.24) is 25.3 Å². The van der Waals surface area contributed by atoms with Crippen molar-refractivity contribution < 1.29 is 14.1 Å². The monoisotopic (exact) mass is 489 g/mol. The third-order valence-corrected chi connectivity index (χ3v) is 6.79. The topological polar surface area (TPSA) is 91.6 Å². The van der Waals surface area contributed by atoms with Crippen molar-refractivity contribution in [3.8, 4) is 11.5 Å². The van der Waals surface area contributed by atoms with Crippen LogP contribution in [0.15, 0.2) is 53.1 Å². The molecule has 0 radical (unpaired) electrons. The van der Waals surface area contributed by atoms with E-state index >= 15 is 0 Å². The van der Waals surface area contributed by atoms with Crippen LogP contribution in [0.1, 0.15) is 58.3 Å². The Morgan fingerprint density at radius 2 is 1.72 bits per heavy atom. The highest BCUT2D eigenvalue weighted by atomic mass is 16.5. The number of benzene rings is 2. The molecule has 0 saturated carbocycles. The van der Waals surface area contributed by atoms with Gasteiger partial charge in [0.1, 0.15) is 0 Å². The second kappa shape index (κ2) is 11.9. The average Bonchev–Trinajstić information content (AvgIpc) is 3.60. The molecule has 36 heavy (non-hydrogen) atoms. The van der Waals surface area contributed by atoms with E-state index in [-0.39, 0.29) is 11.8 Å². The molecule has 1 aromatic heterocycles. The highest BCUT2D eigenvalue weighted by Gasteiger charge is 2.18. The van der Waals surface area contributed by atoms with Crippen molar-refractivity contribution in [3.05, 3.63) is 71.0 Å². The number of aryl methyl sites for hydroxylation is 1. The lowest BCUT2D eigenvalue weighted by atomic mass is 10.1. The van der Waals surface area contributed by atoms with E-state index in [1.807, 2.05) is 43.3 Å². The number of rotatable bonds is 10. The Hall–Kier alpha value is -3.52. The fraction of sp³-hybridized carbons (Fsp3) is 0.429. The van der Waals surface area contributed by atoms with Gasteiger partial charge in [0.05, 0.1) is 0 Å². The van der Waals surface area contributed by atoms with E-state index in [9.17, 15) is 9.59 Å². The summed E-state index contributed by atoms with van der Waals surface area (Å²) in [6.45, 7) is 7.68. The Labute approximate surface area is 212 Å². The Balaban J connectivity index is 1.25. The van der Waals surface area contributed by atoms with Crippen molar-refractivity contribution in [1.29, 1.82) is 0 Å². The minimum Gasteiger partial charge on any atom is -0.352 e. The molecular weight excluding hydrogens is 454 g/mol. The van der Waals surface area contributed by atoms with E-state index in [0.717, 1.165) is 30.6 Å². The quantitative estimate of drug-likeness (QED) is 0.463. The van der Waals surface area contributed by atoms with E-state index in [1.165, 1.54) is 12.8 Å². The number of amides is 2. The fourth-order valence-electron chi connectivity index (χ4n) is 4.38. The lowest BCUT2D eigenvalue weighted by Gasteiger charge is -2.23. The summed E-state index contributed by atoms with van der Waals surface area (Å²) in [5.74, 6) is 0.798. The van der Waals surface area contributed by atoms with E-state index in [1.54, 1.807) is 24.1 Å². The zero-order valence-electron chi connectivity index (χ0n) is 21.4. The van der Waals surface area contributed by atoms with Gasteiger partial charge in [-0.3, -0.25) is 9.59 Å². The van der Waals surface area contributed by atoms with Crippen LogP contribution < -0.4 is 5.32 Å². The molecule has 1 fully saturated rings. The molecular formula is C28H35N5O3. The second-order valence-electron chi connectivity index (χ2n) is 9.57. The van der Waals surface area contributed by atoms with Crippen molar-refractivity contribution in [2.45, 2.75) is 45.6 Å². The molecule has 0 bridgehead atoms. The van der Waals surface area contributed by atoms with Gasteiger partial charge in [-0.1, -0.05) is 22.9 Å². The number of carbonyl (C=O) groups excluding carboxylic acids is 2. The van der Waals surface area contributed by atoms with Crippen LogP contribution in [0.3, 0.4) is 0 Å². The van der Waals surface area contributed by atoms with Gasteiger partial charge in [0.25, 0.3) is 17.7 Å². The first-order valence-corrected chi connectivity index (χ1v) is 12.7. The first-order chi connectivity index (χ1) is 17.4. The van der Waals surface area contributed by atoms with Gasteiger partial charge in [-0.05, 0) is 82.6 Å². The summed E-state index contributed by atoms with van der Waals surface area (Å²) in [5.41, 5.74) is 3.12. The van der Waals surface area contributed by atoms with Crippen LogP contribution >= 0.6 is 0 Å². The normalized spacial score (nSPS) is 14.5. The minimum atomic E-state index is -0.0809. The van der Waals surface area contributed by atoms with Crippen LogP contribution in [-0.4, -0.2) is 71.0 Å². The molecule has 2 heterocycles. The van der Waals surface area contributed by atoms with Crippen LogP contribution in [0.5, 0.6) is 0 Å². The molecule has 1 saturated heterocycles. The van der Waals surface area contributed by atoms with E-state index in [4.69, 9.17) is 4.52 Å². The summed E-state index contributed by atoms with van der Waals surface area (Å²) in [6, 6.07) is 15.2. The van der Waals surface area contributed by atoms with Crippen LogP contribution in [0.25, 0.3) is 11.5 Å². The van der Waals surface area contributed by atoms with Gasteiger partial charge in [0.15, 0.2) is 5.82 Å². The SMILES string of the molecule is Cc1ccc(C(=O)N(C)CCc2noc(-c3ccc(C(=O)NCC[C@H](C)N4CCCC4)cc3)n2)cc1. The summed E-state index contributed by atoms with van der Waals surface area (Å²) >= 11 is 0. The first kappa shape index (κ1) is 25.6. The van der Waals surface area contributed by atoms with E-state index < -0.39 is 0 Å². The number of hydrogen-bond donors (Lipinski definition) is 1. The molecule has 3 aromatic rings. The van der Waals surface area contributed by atoms with Crippen LogP contribution in [-0.2, 0) is 6.42 Å². The highest BCUT2D eigenvalue weighted by molar-refractivity contribution is 5.94.